The van der Waals surface area contributed by atoms with E-state index in [4.69, 9.17) is 5.73 Å². The van der Waals surface area contributed by atoms with E-state index in [-0.39, 0.29) is 5.91 Å². The molecule has 0 saturated carbocycles. The van der Waals surface area contributed by atoms with Crippen LogP contribution in [-0.2, 0) is 12.8 Å². The lowest BCUT2D eigenvalue weighted by Gasteiger charge is -2.14. The van der Waals surface area contributed by atoms with Gasteiger partial charge in [0.15, 0.2) is 0 Å². The van der Waals surface area contributed by atoms with Gasteiger partial charge in [0.25, 0.3) is 0 Å². The lowest BCUT2D eigenvalue weighted by atomic mass is 9.91. The predicted molar refractivity (Wildman–Crippen MR) is 94.2 cm³/mol. The fraction of sp³-hybridized carbons (Fsp3) is 0.0952. The van der Waals surface area contributed by atoms with Gasteiger partial charge in [-0.05, 0) is 41.2 Å². The minimum Gasteiger partial charge on any atom is -0.366 e. The van der Waals surface area contributed by atoms with E-state index in [0.717, 1.165) is 29.5 Å². The lowest BCUT2D eigenvalue weighted by Crippen LogP contribution is -2.13. The zero-order chi connectivity index (χ0) is 16.1. The fourth-order valence-corrected chi connectivity index (χ4v) is 2.88. The van der Waals surface area contributed by atoms with Gasteiger partial charge in [-0.2, -0.15) is 0 Å². The van der Waals surface area contributed by atoms with Crippen molar-refractivity contribution in [3.63, 3.8) is 0 Å². The maximum absolute atomic E-state index is 11.8. The Bertz CT molecular complexity index is 795. The summed E-state index contributed by atoms with van der Waals surface area (Å²) < 4.78 is 0. The van der Waals surface area contributed by atoms with Crippen LogP contribution in [0.1, 0.15) is 21.5 Å². The van der Waals surface area contributed by atoms with Crippen molar-refractivity contribution in [2.75, 3.05) is 0 Å². The summed E-state index contributed by atoms with van der Waals surface area (Å²) >= 11 is 0. The molecule has 23 heavy (non-hydrogen) atoms. The average molecular weight is 301 g/mol. The predicted octanol–water partition coefficient (Wildman–Crippen LogP) is 4.24. The number of carbonyl (C=O) groups excluding carboxylic acids is 1. The standard InChI is InChI=1S/C21H19NO/c22-21(23)19-13-7-12-18(15-14-16-8-3-1-4-9-16)20(19)17-10-5-2-6-11-17/h1-13H,14-15H2,(H2,22,23). The summed E-state index contributed by atoms with van der Waals surface area (Å²) in [4.78, 5) is 11.8. The lowest BCUT2D eigenvalue weighted by molar-refractivity contribution is 0.100. The highest BCUT2D eigenvalue weighted by molar-refractivity contribution is 6.00. The van der Waals surface area contributed by atoms with Gasteiger partial charge in [0, 0.05) is 5.56 Å². The summed E-state index contributed by atoms with van der Waals surface area (Å²) in [5, 5.41) is 0. The van der Waals surface area contributed by atoms with Crippen LogP contribution >= 0.6 is 0 Å². The molecule has 0 fully saturated rings. The van der Waals surface area contributed by atoms with Crippen molar-refractivity contribution in [3.8, 4) is 11.1 Å². The molecule has 0 heterocycles. The summed E-state index contributed by atoms with van der Waals surface area (Å²) in [6.07, 6.45) is 1.80. The smallest absolute Gasteiger partial charge is 0.249 e. The van der Waals surface area contributed by atoms with Crippen molar-refractivity contribution in [2.45, 2.75) is 12.8 Å². The third kappa shape index (κ3) is 3.49. The first-order valence-electron chi connectivity index (χ1n) is 7.77. The second-order valence-electron chi connectivity index (χ2n) is 5.56. The Hall–Kier alpha value is -2.87. The second-order valence-corrected chi connectivity index (χ2v) is 5.56. The highest BCUT2D eigenvalue weighted by Gasteiger charge is 2.14. The van der Waals surface area contributed by atoms with Crippen molar-refractivity contribution >= 4 is 5.91 Å². The van der Waals surface area contributed by atoms with Crippen LogP contribution in [0.4, 0.5) is 0 Å². The molecule has 3 rings (SSSR count). The zero-order valence-electron chi connectivity index (χ0n) is 12.9. The number of aryl methyl sites for hydroxylation is 2. The molecule has 2 nitrogen and oxygen atoms in total. The number of amides is 1. The Balaban J connectivity index is 1.99. The molecule has 0 radical (unpaired) electrons. The molecule has 0 unspecified atom stereocenters. The SMILES string of the molecule is NC(=O)c1cccc(CCc2ccccc2)c1-c1ccccc1. The first kappa shape index (κ1) is 15.0. The minimum absolute atomic E-state index is 0.384. The van der Waals surface area contributed by atoms with Gasteiger partial charge in [0.1, 0.15) is 0 Å². The molecule has 0 spiro atoms. The Morgan fingerprint density at radius 1 is 0.739 bits per heavy atom. The van der Waals surface area contributed by atoms with E-state index in [1.54, 1.807) is 6.07 Å². The molecule has 1 amide bonds. The van der Waals surface area contributed by atoms with Crippen LogP contribution in [0.3, 0.4) is 0 Å². The van der Waals surface area contributed by atoms with Crippen LogP contribution in [0, 0.1) is 0 Å². The molecule has 2 heteroatoms. The molecule has 0 aliphatic heterocycles. The zero-order valence-corrected chi connectivity index (χ0v) is 12.9. The summed E-state index contributed by atoms with van der Waals surface area (Å²) in [5.41, 5.74) is 10.6. The molecule has 0 atom stereocenters. The Kier molecular flexibility index (Phi) is 4.53. The number of rotatable bonds is 5. The number of hydrogen-bond acceptors (Lipinski definition) is 1. The van der Waals surface area contributed by atoms with Gasteiger partial charge in [-0.3, -0.25) is 4.79 Å². The Morgan fingerprint density at radius 3 is 2.04 bits per heavy atom. The first-order valence-corrected chi connectivity index (χ1v) is 7.77. The van der Waals surface area contributed by atoms with E-state index < -0.39 is 0 Å². The highest BCUT2D eigenvalue weighted by Crippen LogP contribution is 2.28. The van der Waals surface area contributed by atoms with Gasteiger partial charge in [0.05, 0.1) is 0 Å². The van der Waals surface area contributed by atoms with Crippen molar-refractivity contribution in [2.24, 2.45) is 5.73 Å². The van der Waals surface area contributed by atoms with Gasteiger partial charge >= 0.3 is 0 Å². The van der Waals surface area contributed by atoms with Crippen LogP contribution in [0.2, 0.25) is 0 Å². The third-order valence-electron chi connectivity index (χ3n) is 4.00. The van der Waals surface area contributed by atoms with Gasteiger partial charge in [-0.1, -0.05) is 72.8 Å². The van der Waals surface area contributed by atoms with E-state index in [2.05, 4.69) is 18.2 Å². The van der Waals surface area contributed by atoms with Crippen LogP contribution in [0.25, 0.3) is 11.1 Å². The van der Waals surface area contributed by atoms with Crippen molar-refractivity contribution in [3.05, 3.63) is 95.6 Å². The van der Waals surface area contributed by atoms with Gasteiger partial charge in [-0.25, -0.2) is 0 Å². The van der Waals surface area contributed by atoms with Crippen molar-refractivity contribution in [1.29, 1.82) is 0 Å². The summed E-state index contributed by atoms with van der Waals surface area (Å²) in [7, 11) is 0. The molecule has 0 aliphatic carbocycles. The summed E-state index contributed by atoms with van der Waals surface area (Å²) in [6, 6.07) is 26.1. The van der Waals surface area contributed by atoms with E-state index in [1.165, 1.54) is 5.56 Å². The van der Waals surface area contributed by atoms with Gasteiger partial charge in [0.2, 0.25) is 5.91 Å². The molecular formula is C21H19NO. The molecule has 2 N–H and O–H groups in total. The topological polar surface area (TPSA) is 43.1 Å². The highest BCUT2D eigenvalue weighted by atomic mass is 16.1. The maximum atomic E-state index is 11.8. The summed E-state index contributed by atoms with van der Waals surface area (Å²) in [5.74, 6) is -0.384. The van der Waals surface area contributed by atoms with Crippen molar-refractivity contribution < 1.29 is 4.79 Å². The number of hydrogen-bond donors (Lipinski definition) is 1. The van der Waals surface area contributed by atoms with Crippen LogP contribution in [0.15, 0.2) is 78.9 Å². The Labute approximate surface area is 136 Å². The maximum Gasteiger partial charge on any atom is 0.249 e. The van der Waals surface area contributed by atoms with E-state index in [1.807, 2.05) is 54.6 Å². The second kappa shape index (κ2) is 6.93. The molecule has 114 valence electrons. The molecule has 3 aromatic rings. The molecule has 3 aromatic carbocycles. The minimum atomic E-state index is -0.384. The van der Waals surface area contributed by atoms with E-state index in [0.29, 0.717) is 5.56 Å². The number of carbonyl (C=O) groups is 1. The molecule has 0 saturated heterocycles. The fourth-order valence-electron chi connectivity index (χ4n) is 2.88. The number of primary amides is 1. The van der Waals surface area contributed by atoms with Gasteiger partial charge in [-0.15, -0.1) is 0 Å². The van der Waals surface area contributed by atoms with Crippen LogP contribution in [-0.4, -0.2) is 5.91 Å². The van der Waals surface area contributed by atoms with E-state index >= 15 is 0 Å². The quantitative estimate of drug-likeness (QED) is 0.752. The molecule has 0 aromatic heterocycles. The number of benzene rings is 3. The summed E-state index contributed by atoms with van der Waals surface area (Å²) in [6.45, 7) is 0. The van der Waals surface area contributed by atoms with Crippen molar-refractivity contribution in [1.82, 2.24) is 0 Å². The van der Waals surface area contributed by atoms with Crippen LogP contribution in [0.5, 0.6) is 0 Å². The first-order chi connectivity index (χ1) is 11.3. The monoisotopic (exact) mass is 301 g/mol. The third-order valence-corrected chi connectivity index (χ3v) is 4.00. The number of nitrogens with two attached hydrogens (primary N) is 1. The van der Waals surface area contributed by atoms with Crippen LogP contribution < -0.4 is 5.73 Å². The van der Waals surface area contributed by atoms with E-state index in [9.17, 15) is 4.79 Å². The molecule has 0 aliphatic rings. The Morgan fingerprint density at radius 2 is 1.39 bits per heavy atom. The largest absolute Gasteiger partial charge is 0.366 e. The molecular weight excluding hydrogens is 282 g/mol. The molecule has 0 bridgehead atoms. The normalized spacial score (nSPS) is 10.4. The average Bonchev–Trinajstić information content (AvgIpc) is 2.61. The van der Waals surface area contributed by atoms with Gasteiger partial charge < -0.3 is 5.73 Å².